The van der Waals surface area contributed by atoms with Gasteiger partial charge >= 0.3 is 17.9 Å². The minimum absolute atomic E-state index is 0.106. The molecule has 59 heavy (non-hydrogen) atoms. The summed E-state index contributed by atoms with van der Waals surface area (Å²) in [5, 5.41) is 0. The summed E-state index contributed by atoms with van der Waals surface area (Å²) in [5.74, 6) is -1.18. The lowest BCUT2D eigenvalue weighted by atomic mass is 10.1. The molecule has 0 heterocycles. The molecule has 0 aromatic heterocycles. The van der Waals surface area contributed by atoms with Gasteiger partial charge < -0.3 is 14.2 Å². The van der Waals surface area contributed by atoms with Crippen LogP contribution in [0.25, 0.3) is 0 Å². The highest BCUT2D eigenvalue weighted by Gasteiger charge is 2.19. The number of rotatable bonds is 39. The molecular formula is C53H82O6. The molecule has 0 aromatic carbocycles. The molecule has 0 fully saturated rings. The zero-order valence-electron chi connectivity index (χ0n) is 37.5. The second kappa shape index (κ2) is 46.5. The number of ether oxygens (including phenoxy) is 3. The molecule has 1 atom stereocenters. The highest BCUT2D eigenvalue weighted by molar-refractivity contribution is 5.72. The van der Waals surface area contributed by atoms with Gasteiger partial charge in [-0.1, -0.05) is 181 Å². The zero-order chi connectivity index (χ0) is 43.0. The van der Waals surface area contributed by atoms with Crippen LogP contribution in [0.1, 0.15) is 175 Å². The fourth-order valence-corrected chi connectivity index (χ4v) is 5.58. The molecule has 0 rings (SSSR count). The van der Waals surface area contributed by atoms with Crippen LogP contribution in [0.3, 0.4) is 0 Å². The molecule has 6 nitrogen and oxygen atoms in total. The highest BCUT2D eigenvalue weighted by atomic mass is 16.6. The van der Waals surface area contributed by atoms with Crippen LogP contribution in [-0.2, 0) is 28.6 Å². The Labute approximate surface area is 361 Å². The van der Waals surface area contributed by atoms with Crippen LogP contribution < -0.4 is 0 Å². The standard InChI is InChI=1S/C53H82O6/c1-4-7-10-13-16-19-22-25-26-29-31-34-37-40-43-46-52(55)58-49-50(59-53(56)47-44-41-38-35-32-28-24-21-18-15-12-9-6-3)48-57-51(54)45-42-39-36-33-30-27-23-20-17-14-11-8-5-2/h7,9-10,12,16,18-21,23,25-26,28,31-32,34,38,40-41,43,50H,4-6,8,11,13-15,17,22,24,27,29-30,33,35-37,39,42,44-49H2,1-3H3/b10-7-,12-9-,19-16-,21-18-,23-20-,26-25-,32-28-,34-31-,41-38-,43-40-. The first-order valence-electron chi connectivity index (χ1n) is 23.0. The molecule has 0 aliphatic carbocycles. The molecule has 0 amide bonds. The number of unbranched alkanes of at least 4 members (excludes halogenated alkanes) is 9. The van der Waals surface area contributed by atoms with E-state index in [0.29, 0.717) is 12.8 Å². The van der Waals surface area contributed by atoms with Crippen LogP contribution in [0, 0.1) is 0 Å². The van der Waals surface area contributed by atoms with E-state index >= 15 is 0 Å². The minimum atomic E-state index is -0.860. The predicted octanol–water partition coefficient (Wildman–Crippen LogP) is 15.0. The van der Waals surface area contributed by atoms with E-state index in [0.717, 1.165) is 89.9 Å². The summed E-state index contributed by atoms with van der Waals surface area (Å²) in [6, 6.07) is 0. The van der Waals surface area contributed by atoms with E-state index < -0.39 is 18.0 Å². The van der Waals surface area contributed by atoms with Gasteiger partial charge in [-0.25, -0.2) is 0 Å². The summed E-state index contributed by atoms with van der Waals surface area (Å²) in [7, 11) is 0. The van der Waals surface area contributed by atoms with Gasteiger partial charge in [-0.2, -0.15) is 0 Å². The van der Waals surface area contributed by atoms with Crippen molar-refractivity contribution in [1.29, 1.82) is 0 Å². The van der Waals surface area contributed by atoms with Crippen molar-refractivity contribution in [2.24, 2.45) is 0 Å². The van der Waals surface area contributed by atoms with Crippen molar-refractivity contribution in [3.8, 4) is 0 Å². The largest absolute Gasteiger partial charge is 0.462 e. The zero-order valence-corrected chi connectivity index (χ0v) is 37.5. The van der Waals surface area contributed by atoms with Gasteiger partial charge in [0, 0.05) is 12.8 Å². The fourth-order valence-electron chi connectivity index (χ4n) is 5.58. The van der Waals surface area contributed by atoms with E-state index in [2.05, 4.69) is 118 Å². The summed E-state index contributed by atoms with van der Waals surface area (Å²) >= 11 is 0. The molecule has 1 unspecified atom stereocenters. The first-order valence-corrected chi connectivity index (χ1v) is 23.0. The van der Waals surface area contributed by atoms with Crippen molar-refractivity contribution in [3.63, 3.8) is 0 Å². The maximum atomic E-state index is 12.7. The van der Waals surface area contributed by atoms with Gasteiger partial charge in [0.1, 0.15) is 13.2 Å². The molecule has 0 radical (unpaired) electrons. The number of carbonyl (C=O) groups excluding carboxylic acids is 3. The average molecular weight is 815 g/mol. The van der Waals surface area contributed by atoms with E-state index in [4.69, 9.17) is 14.2 Å². The minimum Gasteiger partial charge on any atom is -0.462 e. The Balaban J connectivity index is 4.65. The lowest BCUT2D eigenvalue weighted by Crippen LogP contribution is -2.30. The third kappa shape index (κ3) is 44.8. The molecule has 0 spiro atoms. The summed E-state index contributed by atoms with van der Waals surface area (Å²) in [6.07, 6.45) is 63.6. The van der Waals surface area contributed by atoms with Gasteiger partial charge in [-0.3, -0.25) is 14.4 Å². The topological polar surface area (TPSA) is 78.9 Å². The van der Waals surface area contributed by atoms with Crippen LogP contribution in [0.15, 0.2) is 122 Å². The van der Waals surface area contributed by atoms with Crippen molar-refractivity contribution in [3.05, 3.63) is 122 Å². The van der Waals surface area contributed by atoms with E-state index in [-0.39, 0.29) is 32.0 Å². The van der Waals surface area contributed by atoms with Crippen molar-refractivity contribution in [2.45, 2.75) is 181 Å². The molecule has 330 valence electrons. The van der Waals surface area contributed by atoms with Crippen molar-refractivity contribution >= 4 is 17.9 Å². The first-order chi connectivity index (χ1) is 29.0. The normalized spacial score (nSPS) is 13.2. The van der Waals surface area contributed by atoms with Gasteiger partial charge in [-0.05, 0) is 96.3 Å². The average Bonchev–Trinajstić information content (AvgIpc) is 3.23. The molecule has 0 aromatic rings. The number of carbonyl (C=O) groups is 3. The quantitative estimate of drug-likeness (QED) is 0.0266. The molecule has 0 aliphatic heterocycles. The van der Waals surface area contributed by atoms with Gasteiger partial charge in [0.2, 0.25) is 0 Å². The first kappa shape index (κ1) is 54.8. The monoisotopic (exact) mass is 815 g/mol. The molecule has 0 N–H and O–H groups in total. The van der Waals surface area contributed by atoms with Gasteiger partial charge in [0.25, 0.3) is 0 Å². The van der Waals surface area contributed by atoms with Crippen molar-refractivity contribution < 1.29 is 28.6 Å². The molecule has 0 bridgehead atoms. The molecule has 0 aliphatic rings. The fraction of sp³-hybridized carbons (Fsp3) is 0.566. The van der Waals surface area contributed by atoms with Crippen molar-refractivity contribution in [1.82, 2.24) is 0 Å². The number of allylic oxidation sites excluding steroid dienone is 19. The number of esters is 3. The lowest BCUT2D eigenvalue weighted by molar-refractivity contribution is -0.166. The third-order valence-corrected chi connectivity index (χ3v) is 8.98. The summed E-state index contributed by atoms with van der Waals surface area (Å²) in [5.41, 5.74) is 0. The Morgan fingerprint density at radius 2 is 0.763 bits per heavy atom. The maximum absolute atomic E-state index is 12.7. The summed E-state index contributed by atoms with van der Waals surface area (Å²) in [4.78, 5) is 37.7. The van der Waals surface area contributed by atoms with Crippen molar-refractivity contribution in [2.75, 3.05) is 13.2 Å². The van der Waals surface area contributed by atoms with Gasteiger partial charge in [0.05, 0.1) is 6.42 Å². The Morgan fingerprint density at radius 1 is 0.373 bits per heavy atom. The third-order valence-electron chi connectivity index (χ3n) is 8.98. The van der Waals surface area contributed by atoms with Crippen LogP contribution in [0.4, 0.5) is 0 Å². The lowest BCUT2D eigenvalue weighted by Gasteiger charge is -2.18. The number of hydrogen-bond donors (Lipinski definition) is 0. The van der Waals surface area contributed by atoms with Crippen LogP contribution >= 0.6 is 0 Å². The second-order valence-corrected chi connectivity index (χ2v) is 14.6. The maximum Gasteiger partial charge on any atom is 0.309 e. The Morgan fingerprint density at radius 3 is 1.25 bits per heavy atom. The van der Waals surface area contributed by atoms with Gasteiger partial charge in [0.15, 0.2) is 6.10 Å². The second-order valence-electron chi connectivity index (χ2n) is 14.6. The predicted molar refractivity (Wildman–Crippen MR) is 251 cm³/mol. The number of hydrogen-bond acceptors (Lipinski definition) is 6. The van der Waals surface area contributed by atoms with Gasteiger partial charge in [-0.15, -0.1) is 0 Å². The molecular weight excluding hydrogens is 733 g/mol. The van der Waals surface area contributed by atoms with Crippen LogP contribution in [-0.4, -0.2) is 37.2 Å². The summed E-state index contributed by atoms with van der Waals surface area (Å²) in [6.45, 7) is 6.19. The van der Waals surface area contributed by atoms with Crippen LogP contribution in [0.2, 0.25) is 0 Å². The highest BCUT2D eigenvalue weighted by Crippen LogP contribution is 2.11. The Bertz CT molecular complexity index is 1300. The van der Waals surface area contributed by atoms with E-state index in [1.165, 1.54) is 38.5 Å². The van der Waals surface area contributed by atoms with Crippen LogP contribution in [0.5, 0.6) is 0 Å². The van der Waals surface area contributed by atoms with E-state index in [1.54, 1.807) is 6.08 Å². The smallest absolute Gasteiger partial charge is 0.309 e. The Hall–Kier alpha value is -4.19. The molecule has 0 saturated heterocycles. The van der Waals surface area contributed by atoms with E-state index in [9.17, 15) is 14.4 Å². The SMILES string of the molecule is CC/C=C\C/C=C\C/C=C\C/C=C\C/C=C\CC(=O)OCC(COC(=O)CCCCCCC/C=C\CCCCCC)OC(=O)CC/C=C\C/C=C\C/C=C\C/C=C\CC. The summed E-state index contributed by atoms with van der Waals surface area (Å²) < 4.78 is 16.5. The molecule has 6 heteroatoms. The molecule has 0 saturated carbocycles. The van der Waals surface area contributed by atoms with E-state index in [1.807, 2.05) is 18.2 Å². The Kier molecular flexibility index (Phi) is 43.2.